The summed E-state index contributed by atoms with van der Waals surface area (Å²) in [6.07, 6.45) is 2.17. The Morgan fingerprint density at radius 3 is 2.41 bits per heavy atom. The standard InChI is InChI=1S/C23H28F2N4O5/c1-27(12-13-30)20-17(24)19(26-16(23(31)32)14-15-8-4-2-5-9-15)22(29(33)34)21(18(20)25)28-10-6-3-7-11-28/h2,4-5,8-9,16,26,30H,3,6-7,10-14H2,1H3,(H,31,32)/t16-/m0/s1. The highest BCUT2D eigenvalue weighted by Gasteiger charge is 2.38. The topological polar surface area (TPSA) is 119 Å². The van der Waals surface area contributed by atoms with E-state index in [4.69, 9.17) is 0 Å². The smallest absolute Gasteiger partial charge is 0.326 e. The normalized spacial score (nSPS) is 14.5. The minimum absolute atomic E-state index is 0.0784. The number of carboxylic acids is 1. The van der Waals surface area contributed by atoms with Crippen molar-refractivity contribution >= 4 is 28.7 Å². The SMILES string of the molecule is CN(CCO)c1c(F)c(N[C@@H](Cc2ccccc2)C(=O)O)c([N+](=O)[O-])c(N2CCCCC2)c1F. The van der Waals surface area contributed by atoms with E-state index in [1.54, 1.807) is 30.3 Å². The molecule has 184 valence electrons. The van der Waals surface area contributed by atoms with Crippen molar-refractivity contribution in [1.82, 2.24) is 0 Å². The molecule has 1 saturated heterocycles. The molecule has 0 unspecified atom stereocenters. The van der Waals surface area contributed by atoms with Crippen LogP contribution < -0.4 is 15.1 Å². The number of nitro benzene ring substituents is 1. The molecule has 0 aliphatic carbocycles. The van der Waals surface area contributed by atoms with Crippen LogP contribution in [0.25, 0.3) is 0 Å². The second kappa shape index (κ2) is 11.1. The second-order valence-corrected chi connectivity index (χ2v) is 8.22. The number of nitrogens with one attached hydrogen (secondary N) is 1. The van der Waals surface area contributed by atoms with Crippen molar-refractivity contribution in [3.8, 4) is 0 Å². The van der Waals surface area contributed by atoms with Gasteiger partial charge in [0.05, 0.1) is 11.5 Å². The molecule has 2 aromatic rings. The monoisotopic (exact) mass is 478 g/mol. The van der Waals surface area contributed by atoms with E-state index in [-0.39, 0.29) is 18.7 Å². The van der Waals surface area contributed by atoms with Gasteiger partial charge >= 0.3 is 11.7 Å². The Balaban J connectivity index is 2.19. The number of carbonyl (C=O) groups is 1. The maximum absolute atomic E-state index is 15.7. The van der Waals surface area contributed by atoms with Crippen molar-refractivity contribution in [3.05, 3.63) is 57.6 Å². The van der Waals surface area contributed by atoms with Crippen molar-refractivity contribution in [1.29, 1.82) is 0 Å². The average molecular weight is 478 g/mol. The summed E-state index contributed by atoms with van der Waals surface area (Å²) in [5.41, 5.74) is -1.84. The summed E-state index contributed by atoms with van der Waals surface area (Å²) in [7, 11) is 1.35. The number of aliphatic hydroxyl groups is 1. The number of rotatable bonds is 10. The molecule has 3 N–H and O–H groups in total. The van der Waals surface area contributed by atoms with E-state index in [2.05, 4.69) is 5.32 Å². The zero-order valence-electron chi connectivity index (χ0n) is 18.8. The predicted molar refractivity (Wildman–Crippen MR) is 125 cm³/mol. The molecule has 34 heavy (non-hydrogen) atoms. The molecule has 11 heteroatoms. The van der Waals surface area contributed by atoms with Crippen molar-refractivity contribution in [2.75, 3.05) is 48.4 Å². The first-order chi connectivity index (χ1) is 16.3. The molecule has 1 fully saturated rings. The zero-order chi connectivity index (χ0) is 24.8. The van der Waals surface area contributed by atoms with E-state index < -0.39 is 52.2 Å². The number of piperidine rings is 1. The van der Waals surface area contributed by atoms with Crippen LogP contribution in [0.4, 0.5) is 31.5 Å². The number of aliphatic carboxylic acids is 1. The summed E-state index contributed by atoms with van der Waals surface area (Å²) in [6.45, 7) is 0.160. The third-order valence-corrected chi connectivity index (χ3v) is 5.88. The molecule has 0 aromatic heterocycles. The van der Waals surface area contributed by atoms with Gasteiger partial charge in [0.1, 0.15) is 11.7 Å². The lowest BCUT2D eigenvalue weighted by molar-refractivity contribution is -0.383. The van der Waals surface area contributed by atoms with Gasteiger partial charge in [-0.15, -0.1) is 0 Å². The highest BCUT2D eigenvalue weighted by Crippen LogP contribution is 2.46. The molecule has 1 heterocycles. The number of benzene rings is 2. The first-order valence-electron chi connectivity index (χ1n) is 11.1. The molecule has 1 atom stereocenters. The Hall–Kier alpha value is -3.47. The van der Waals surface area contributed by atoms with Crippen molar-refractivity contribution in [2.45, 2.75) is 31.7 Å². The van der Waals surface area contributed by atoms with Crippen LogP contribution in [0.1, 0.15) is 24.8 Å². The van der Waals surface area contributed by atoms with Crippen LogP contribution in [-0.4, -0.2) is 60.4 Å². The number of nitro groups is 1. The summed E-state index contributed by atoms with van der Waals surface area (Å²) in [5, 5.41) is 33.7. The second-order valence-electron chi connectivity index (χ2n) is 8.22. The number of anilines is 3. The molecule has 1 aliphatic rings. The molecule has 0 radical (unpaired) electrons. The number of halogens is 2. The Kier molecular flexibility index (Phi) is 8.21. The fourth-order valence-electron chi connectivity index (χ4n) is 4.19. The molecule has 2 aromatic carbocycles. The quantitative estimate of drug-likeness (QED) is 0.351. The van der Waals surface area contributed by atoms with Crippen LogP contribution in [0.5, 0.6) is 0 Å². The molecular formula is C23H28F2N4O5. The molecule has 0 amide bonds. The minimum Gasteiger partial charge on any atom is -0.480 e. The zero-order valence-corrected chi connectivity index (χ0v) is 18.8. The van der Waals surface area contributed by atoms with Gasteiger partial charge in [-0.05, 0) is 24.8 Å². The van der Waals surface area contributed by atoms with E-state index in [1.165, 1.54) is 11.9 Å². The molecule has 0 bridgehead atoms. The Morgan fingerprint density at radius 1 is 1.21 bits per heavy atom. The number of aliphatic hydroxyl groups excluding tert-OH is 1. The lowest BCUT2D eigenvalue weighted by Crippen LogP contribution is -2.35. The van der Waals surface area contributed by atoms with Crippen molar-refractivity contribution in [3.63, 3.8) is 0 Å². The molecular weight excluding hydrogens is 450 g/mol. The number of carboxylic acid groups (broad SMARTS) is 1. The van der Waals surface area contributed by atoms with Crippen LogP contribution >= 0.6 is 0 Å². The van der Waals surface area contributed by atoms with E-state index >= 15 is 8.78 Å². The van der Waals surface area contributed by atoms with Gasteiger partial charge in [0.15, 0.2) is 23.0 Å². The van der Waals surface area contributed by atoms with Gasteiger partial charge in [-0.25, -0.2) is 13.6 Å². The van der Waals surface area contributed by atoms with Gasteiger partial charge < -0.3 is 25.3 Å². The van der Waals surface area contributed by atoms with Crippen molar-refractivity contribution < 1.29 is 28.7 Å². The van der Waals surface area contributed by atoms with Crippen molar-refractivity contribution in [2.24, 2.45) is 0 Å². The van der Waals surface area contributed by atoms with E-state index in [0.29, 0.717) is 31.5 Å². The summed E-state index contributed by atoms with van der Waals surface area (Å²) in [5.74, 6) is -3.73. The maximum Gasteiger partial charge on any atom is 0.326 e. The van der Waals surface area contributed by atoms with E-state index in [0.717, 1.165) is 11.3 Å². The fourth-order valence-corrected chi connectivity index (χ4v) is 4.19. The van der Waals surface area contributed by atoms with Crippen LogP contribution in [-0.2, 0) is 11.2 Å². The first kappa shape index (κ1) is 25.2. The maximum atomic E-state index is 15.7. The highest BCUT2D eigenvalue weighted by molar-refractivity contribution is 5.87. The van der Waals surface area contributed by atoms with Gasteiger partial charge in [0.25, 0.3) is 0 Å². The summed E-state index contributed by atoms with van der Waals surface area (Å²) in [6, 6.07) is 7.15. The molecule has 9 nitrogen and oxygen atoms in total. The Morgan fingerprint density at radius 2 is 1.85 bits per heavy atom. The third kappa shape index (κ3) is 5.36. The van der Waals surface area contributed by atoms with Gasteiger partial charge in [-0.1, -0.05) is 30.3 Å². The molecule has 0 spiro atoms. The van der Waals surface area contributed by atoms with E-state index in [9.17, 15) is 25.1 Å². The third-order valence-electron chi connectivity index (χ3n) is 5.88. The largest absolute Gasteiger partial charge is 0.480 e. The first-order valence-corrected chi connectivity index (χ1v) is 11.1. The molecule has 3 rings (SSSR count). The number of hydrogen-bond donors (Lipinski definition) is 3. The number of hydrogen-bond acceptors (Lipinski definition) is 7. The summed E-state index contributed by atoms with van der Waals surface area (Å²) < 4.78 is 31.4. The molecule has 0 saturated carbocycles. The van der Waals surface area contributed by atoms with Crippen LogP contribution in [0.2, 0.25) is 0 Å². The lowest BCUT2D eigenvalue weighted by Gasteiger charge is -2.31. The fraction of sp³-hybridized carbons (Fsp3) is 0.435. The molecule has 1 aliphatic heterocycles. The van der Waals surface area contributed by atoms with Gasteiger partial charge in [0, 0.05) is 33.1 Å². The highest BCUT2D eigenvalue weighted by atomic mass is 19.1. The number of nitrogens with zero attached hydrogens (tertiary/aromatic N) is 3. The van der Waals surface area contributed by atoms with E-state index in [1.807, 2.05) is 0 Å². The van der Waals surface area contributed by atoms with Crippen LogP contribution in [0, 0.1) is 21.7 Å². The van der Waals surface area contributed by atoms with Gasteiger partial charge in [0.2, 0.25) is 0 Å². The Labute approximate surface area is 195 Å². The number of likely N-dealkylation sites (N-methyl/N-ethyl adjacent to an activating group) is 1. The summed E-state index contributed by atoms with van der Waals surface area (Å²) >= 11 is 0. The lowest BCUT2D eigenvalue weighted by atomic mass is 10.0. The average Bonchev–Trinajstić information content (AvgIpc) is 2.81. The predicted octanol–water partition coefficient (Wildman–Crippen LogP) is 3.40. The van der Waals surface area contributed by atoms with Gasteiger partial charge in [-0.3, -0.25) is 10.1 Å². The van der Waals surface area contributed by atoms with Crippen LogP contribution in [0.15, 0.2) is 30.3 Å². The van der Waals surface area contributed by atoms with Crippen LogP contribution in [0.3, 0.4) is 0 Å². The summed E-state index contributed by atoms with van der Waals surface area (Å²) in [4.78, 5) is 25.9. The Bertz CT molecular complexity index is 1030. The van der Waals surface area contributed by atoms with Gasteiger partial charge in [-0.2, -0.15) is 0 Å². The minimum atomic E-state index is -1.41.